The van der Waals surface area contributed by atoms with Crippen LogP contribution in [-0.2, 0) is 17.6 Å². The van der Waals surface area contributed by atoms with Gasteiger partial charge in [-0.05, 0) is 90.6 Å². The summed E-state index contributed by atoms with van der Waals surface area (Å²) < 4.78 is 11.8. The summed E-state index contributed by atoms with van der Waals surface area (Å²) in [5, 5.41) is 8.77. The van der Waals surface area contributed by atoms with E-state index < -0.39 is 5.97 Å². The summed E-state index contributed by atoms with van der Waals surface area (Å²) in [6.07, 6.45) is 8.59. The van der Waals surface area contributed by atoms with Crippen molar-refractivity contribution >= 4 is 11.5 Å². The Hall–Kier alpha value is -2.75. The van der Waals surface area contributed by atoms with Gasteiger partial charge >= 0.3 is 5.97 Å². The lowest BCUT2D eigenvalue weighted by Crippen LogP contribution is -2.04. The molecule has 2 aromatic rings. The van der Waals surface area contributed by atoms with Crippen molar-refractivity contribution in [1.29, 1.82) is 0 Å². The number of carboxylic acid groups (broad SMARTS) is 1. The Morgan fingerprint density at radius 1 is 1.00 bits per heavy atom. The highest BCUT2D eigenvalue weighted by Gasteiger charge is 2.17. The first kappa shape index (κ1) is 20.5. The highest BCUT2D eigenvalue weighted by atomic mass is 16.5. The minimum absolute atomic E-state index is 0.212. The third-order valence-corrected chi connectivity index (χ3v) is 6.06. The molecule has 0 aromatic heterocycles. The van der Waals surface area contributed by atoms with Crippen LogP contribution in [0.25, 0.3) is 5.57 Å². The van der Waals surface area contributed by atoms with Gasteiger partial charge < -0.3 is 14.6 Å². The van der Waals surface area contributed by atoms with Crippen LogP contribution in [0.5, 0.6) is 11.5 Å². The summed E-state index contributed by atoms with van der Waals surface area (Å²) in [4.78, 5) is 10.7. The number of rotatable bonds is 8. The number of hydrogen-bond acceptors (Lipinski definition) is 3. The molecule has 0 spiro atoms. The molecule has 2 aliphatic rings. The van der Waals surface area contributed by atoms with Gasteiger partial charge in [-0.15, -0.1) is 0 Å². The SMILES string of the molecule is O=C(O)CCCc1ccc(OCC2=C(c3ccc4c(c3)CCO4)CCCCC2)cc1. The zero-order valence-corrected chi connectivity index (χ0v) is 17.5. The van der Waals surface area contributed by atoms with E-state index in [4.69, 9.17) is 14.6 Å². The molecule has 0 bridgehead atoms. The molecule has 30 heavy (non-hydrogen) atoms. The first-order chi connectivity index (χ1) is 14.7. The number of hydrogen-bond donors (Lipinski definition) is 1. The highest BCUT2D eigenvalue weighted by Crippen LogP contribution is 2.35. The maximum Gasteiger partial charge on any atom is 0.303 e. The van der Waals surface area contributed by atoms with Gasteiger partial charge in [0.05, 0.1) is 6.61 Å². The molecule has 0 saturated heterocycles. The van der Waals surface area contributed by atoms with Crippen LogP contribution in [-0.4, -0.2) is 24.3 Å². The highest BCUT2D eigenvalue weighted by molar-refractivity contribution is 5.71. The molecule has 1 aliphatic heterocycles. The maximum absolute atomic E-state index is 10.7. The van der Waals surface area contributed by atoms with Gasteiger partial charge in [0.1, 0.15) is 18.1 Å². The van der Waals surface area contributed by atoms with Crippen LogP contribution in [0.1, 0.15) is 61.6 Å². The maximum atomic E-state index is 10.7. The van der Waals surface area contributed by atoms with Crippen LogP contribution in [0.2, 0.25) is 0 Å². The monoisotopic (exact) mass is 406 g/mol. The van der Waals surface area contributed by atoms with Gasteiger partial charge in [-0.3, -0.25) is 4.79 Å². The predicted octanol–water partition coefficient (Wildman–Crippen LogP) is 5.83. The Morgan fingerprint density at radius 2 is 1.83 bits per heavy atom. The second kappa shape index (κ2) is 9.84. The lowest BCUT2D eigenvalue weighted by Gasteiger charge is -2.15. The Balaban J connectivity index is 1.44. The fourth-order valence-electron chi connectivity index (χ4n) is 4.39. The third-order valence-electron chi connectivity index (χ3n) is 6.06. The molecule has 2 aromatic carbocycles. The van der Waals surface area contributed by atoms with Gasteiger partial charge in [0.25, 0.3) is 0 Å². The van der Waals surface area contributed by atoms with Crippen LogP contribution >= 0.6 is 0 Å². The summed E-state index contributed by atoms with van der Waals surface area (Å²) in [5.74, 6) is 1.17. The second-order valence-electron chi connectivity index (χ2n) is 8.24. The normalized spacial score (nSPS) is 16.0. The Kier molecular flexibility index (Phi) is 6.73. The lowest BCUT2D eigenvalue weighted by atomic mass is 9.94. The van der Waals surface area contributed by atoms with Crippen LogP contribution in [0, 0.1) is 0 Å². The van der Waals surface area contributed by atoms with Gasteiger partial charge in [0.15, 0.2) is 0 Å². The number of aliphatic carboxylic acids is 1. The molecule has 0 atom stereocenters. The molecule has 0 fully saturated rings. The largest absolute Gasteiger partial charge is 0.493 e. The van der Waals surface area contributed by atoms with E-state index in [1.807, 2.05) is 24.3 Å². The second-order valence-corrected chi connectivity index (χ2v) is 8.24. The van der Waals surface area contributed by atoms with Crippen LogP contribution in [0.3, 0.4) is 0 Å². The van der Waals surface area contributed by atoms with Crippen LogP contribution < -0.4 is 9.47 Å². The van der Waals surface area contributed by atoms with Crippen molar-refractivity contribution in [2.45, 2.75) is 57.8 Å². The molecule has 0 amide bonds. The summed E-state index contributed by atoms with van der Waals surface area (Å²) >= 11 is 0. The lowest BCUT2D eigenvalue weighted by molar-refractivity contribution is -0.137. The van der Waals surface area contributed by atoms with Gasteiger partial charge in [-0.25, -0.2) is 0 Å². The van der Waals surface area contributed by atoms with Gasteiger partial charge in [0, 0.05) is 12.8 Å². The summed E-state index contributed by atoms with van der Waals surface area (Å²) in [6.45, 7) is 1.42. The van der Waals surface area contributed by atoms with Crippen molar-refractivity contribution < 1.29 is 19.4 Å². The minimum Gasteiger partial charge on any atom is -0.493 e. The summed E-state index contributed by atoms with van der Waals surface area (Å²) in [5.41, 5.74) is 6.67. The average molecular weight is 407 g/mol. The van der Waals surface area contributed by atoms with Crippen molar-refractivity contribution in [3.63, 3.8) is 0 Å². The third kappa shape index (κ3) is 5.24. The smallest absolute Gasteiger partial charge is 0.303 e. The molecule has 0 saturated carbocycles. The van der Waals surface area contributed by atoms with Gasteiger partial charge in [-0.1, -0.05) is 24.6 Å². The molecule has 4 heteroatoms. The van der Waals surface area contributed by atoms with E-state index in [1.165, 1.54) is 41.5 Å². The van der Waals surface area contributed by atoms with E-state index in [0.717, 1.165) is 49.4 Å². The molecule has 0 unspecified atom stereocenters. The van der Waals surface area contributed by atoms with Crippen molar-refractivity contribution in [2.24, 2.45) is 0 Å². The molecule has 4 rings (SSSR count). The van der Waals surface area contributed by atoms with Crippen molar-refractivity contribution in [1.82, 2.24) is 0 Å². The van der Waals surface area contributed by atoms with Crippen LogP contribution in [0.15, 0.2) is 48.0 Å². The number of aryl methyl sites for hydroxylation is 1. The first-order valence-corrected chi connectivity index (χ1v) is 11.1. The number of carboxylic acids is 1. The quantitative estimate of drug-likeness (QED) is 0.600. The van der Waals surface area contributed by atoms with Gasteiger partial charge in [0.2, 0.25) is 0 Å². The Bertz CT molecular complexity index is 911. The number of fused-ring (bicyclic) bond motifs is 1. The molecule has 1 N–H and O–H groups in total. The Labute approximate surface area is 178 Å². The molecular weight excluding hydrogens is 376 g/mol. The van der Waals surface area contributed by atoms with Crippen molar-refractivity contribution in [3.8, 4) is 11.5 Å². The molecule has 1 aliphatic carbocycles. The topological polar surface area (TPSA) is 55.8 Å². The van der Waals surface area contributed by atoms with E-state index >= 15 is 0 Å². The average Bonchev–Trinajstić information content (AvgIpc) is 3.09. The van der Waals surface area contributed by atoms with Crippen LogP contribution in [0.4, 0.5) is 0 Å². The first-order valence-electron chi connectivity index (χ1n) is 11.1. The van der Waals surface area contributed by atoms with Gasteiger partial charge in [-0.2, -0.15) is 0 Å². The number of ether oxygens (including phenoxy) is 2. The van der Waals surface area contributed by atoms with E-state index in [2.05, 4.69) is 18.2 Å². The zero-order chi connectivity index (χ0) is 20.8. The number of carbonyl (C=O) groups is 1. The molecule has 0 radical (unpaired) electrons. The van der Waals surface area contributed by atoms with Crippen molar-refractivity contribution in [2.75, 3.05) is 13.2 Å². The predicted molar refractivity (Wildman–Crippen MR) is 118 cm³/mol. The van der Waals surface area contributed by atoms with E-state index in [9.17, 15) is 4.79 Å². The van der Waals surface area contributed by atoms with E-state index in [-0.39, 0.29) is 6.42 Å². The molecule has 4 nitrogen and oxygen atoms in total. The molecule has 1 heterocycles. The minimum atomic E-state index is -0.738. The summed E-state index contributed by atoms with van der Waals surface area (Å²) in [7, 11) is 0. The van der Waals surface area contributed by atoms with E-state index in [0.29, 0.717) is 13.0 Å². The standard InChI is InChI=1S/C26H30O4/c27-26(28)8-4-5-19-9-12-23(13-10-19)30-18-22-6-2-1-3-7-24(22)20-11-14-25-21(17-20)15-16-29-25/h9-14,17H,1-8,15-16,18H2,(H,27,28). The number of benzene rings is 2. The number of allylic oxidation sites excluding steroid dienone is 1. The van der Waals surface area contributed by atoms with Crippen molar-refractivity contribution in [3.05, 3.63) is 64.7 Å². The molecular formula is C26H30O4. The fraction of sp³-hybridized carbons (Fsp3) is 0.423. The molecule has 158 valence electrons. The zero-order valence-electron chi connectivity index (χ0n) is 17.5. The summed E-state index contributed by atoms with van der Waals surface area (Å²) in [6, 6.07) is 14.7. The fourth-order valence-corrected chi connectivity index (χ4v) is 4.39. The van der Waals surface area contributed by atoms with E-state index in [1.54, 1.807) is 0 Å². The Morgan fingerprint density at radius 3 is 2.67 bits per heavy atom.